The van der Waals surface area contributed by atoms with E-state index in [2.05, 4.69) is 22.8 Å². The second-order valence-corrected chi connectivity index (χ2v) is 7.57. The minimum Gasteiger partial charge on any atom is -0.341 e. The Morgan fingerprint density at radius 3 is 2.45 bits per heavy atom. The smallest absolute Gasteiger partial charge is 0.319 e. The molecule has 154 valence electrons. The highest BCUT2D eigenvalue weighted by Crippen LogP contribution is 2.32. The number of rotatable bonds is 7. The van der Waals surface area contributed by atoms with Crippen LogP contribution in [0.1, 0.15) is 30.4 Å². The van der Waals surface area contributed by atoms with Gasteiger partial charge >= 0.3 is 6.03 Å². The predicted octanol–water partition coefficient (Wildman–Crippen LogP) is 2.96. The minimum absolute atomic E-state index is 0.114. The monoisotopic (exact) mass is 394 g/mol. The third kappa shape index (κ3) is 5.57. The maximum absolute atomic E-state index is 12.8. The molecule has 3 rings (SSSR count). The van der Waals surface area contributed by atoms with Gasteiger partial charge in [-0.3, -0.25) is 4.79 Å². The number of amides is 3. The fraction of sp³-hybridized carbons (Fsp3) is 0.391. The van der Waals surface area contributed by atoms with Gasteiger partial charge in [0.15, 0.2) is 0 Å². The molecule has 2 atom stereocenters. The largest absolute Gasteiger partial charge is 0.341 e. The highest BCUT2D eigenvalue weighted by atomic mass is 16.2. The molecular weight excluding hydrogens is 364 g/mol. The molecule has 6 heteroatoms. The zero-order valence-corrected chi connectivity index (χ0v) is 16.9. The first-order chi connectivity index (χ1) is 14.1. The third-order valence-electron chi connectivity index (χ3n) is 5.43. The number of nitrogens with one attached hydrogen (secondary N) is 2. The van der Waals surface area contributed by atoms with E-state index in [1.165, 1.54) is 5.56 Å². The lowest BCUT2D eigenvalue weighted by atomic mass is 9.89. The number of nitrogens with two attached hydrogens (primary N) is 1. The SMILES string of the molecule is CCCNC(=O)Nc1ccc(CC(=O)N2C[C@@H](CN)[C@H](c3ccccc3)C2)cc1. The topological polar surface area (TPSA) is 87.5 Å². The van der Waals surface area contributed by atoms with Crippen molar-refractivity contribution in [3.63, 3.8) is 0 Å². The Kier molecular flexibility index (Phi) is 7.25. The number of nitrogens with zero attached hydrogens (tertiary/aromatic N) is 1. The zero-order chi connectivity index (χ0) is 20.6. The highest BCUT2D eigenvalue weighted by Gasteiger charge is 2.35. The Hall–Kier alpha value is -2.86. The lowest BCUT2D eigenvalue weighted by Crippen LogP contribution is -2.31. The van der Waals surface area contributed by atoms with Crippen LogP contribution in [0.5, 0.6) is 0 Å². The van der Waals surface area contributed by atoms with Crippen molar-refractivity contribution in [1.82, 2.24) is 10.2 Å². The van der Waals surface area contributed by atoms with E-state index in [0.29, 0.717) is 44.2 Å². The molecule has 0 unspecified atom stereocenters. The van der Waals surface area contributed by atoms with Crippen molar-refractivity contribution < 1.29 is 9.59 Å². The average Bonchev–Trinajstić information content (AvgIpc) is 3.19. The number of benzene rings is 2. The molecule has 0 aromatic heterocycles. The Morgan fingerprint density at radius 1 is 1.07 bits per heavy atom. The van der Waals surface area contributed by atoms with Crippen LogP contribution in [0, 0.1) is 5.92 Å². The van der Waals surface area contributed by atoms with E-state index in [4.69, 9.17) is 5.73 Å². The Bertz CT molecular complexity index is 807. The molecule has 1 heterocycles. The molecular formula is C23H30N4O2. The lowest BCUT2D eigenvalue weighted by molar-refractivity contribution is -0.129. The molecule has 1 fully saturated rings. The third-order valence-corrected chi connectivity index (χ3v) is 5.43. The first-order valence-corrected chi connectivity index (χ1v) is 10.3. The molecule has 29 heavy (non-hydrogen) atoms. The zero-order valence-electron chi connectivity index (χ0n) is 16.9. The number of carbonyl (C=O) groups excluding carboxylic acids is 2. The van der Waals surface area contributed by atoms with E-state index < -0.39 is 0 Å². The summed E-state index contributed by atoms with van der Waals surface area (Å²) < 4.78 is 0. The van der Waals surface area contributed by atoms with Crippen LogP contribution >= 0.6 is 0 Å². The van der Waals surface area contributed by atoms with Gasteiger partial charge in [-0.2, -0.15) is 0 Å². The fourth-order valence-corrected chi connectivity index (χ4v) is 3.80. The average molecular weight is 395 g/mol. The summed E-state index contributed by atoms with van der Waals surface area (Å²) in [6.07, 6.45) is 1.24. The van der Waals surface area contributed by atoms with Crippen LogP contribution in [0.4, 0.5) is 10.5 Å². The Balaban J connectivity index is 1.57. The van der Waals surface area contributed by atoms with Gasteiger partial charge in [0.05, 0.1) is 6.42 Å². The van der Waals surface area contributed by atoms with Crippen molar-refractivity contribution in [2.45, 2.75) is 25.7 Å². The molecule has 2 aromatic carbocycles. The summed E-state index contributed by atoms with van der Waals surface area (Å²) in [5.41, 5.74) is 8.87. The van der Waals surface area contributed by atoms with Gasteiger partial charge in [-0.25, -0.2) is 4.79 Å². The van der Waals surface area contributed by atoms with Crippen molar-refractivity contribution in [2.75, 3.05) is 31.5 Å². The molecule has 0 saturated carbocycles. The summed E-state index contributed by atoms with van der Waals surface area (Å²) in [5, 5.41) is 5.56. The molecule has 4 N–H and O–H groups in total. The van der Waals surface area contributed by atoms with Gasteiger partial charge in [0.2, 0.25) is 5.91 Å². The van der Waals surface area contributed by atoms with Crippen LogP contribution in [-0.2, 0) is 11.2 Å². The van der Waals surface area contributed by atoms with Crippen molar-refractivity contribution in [3.05, 3.63) is 65.7 Å². The van der Waals surface area contributed by atoms with Crippen molar-refractivity contribution in [2.24, 2.45) is 11.7 Å². The van der Waals surface area contributed by atoms with E-state index in [1.807, 2.05) is 54.3 Å². The second kappa shape index (κ2) is 10.1. The number of hydrogen-bond donors (Lipinski definition) is 3. The quantitative estimate of drug-likeness (QED) is 0.675. The molecule has 0 aliphatic carbocycles. The molecule has 1 aliphatic heterocycles. The summed E-state index contributed by atoms with van der Waals surface area (Å²) >= 11 is 0. The molecule has 0 spiro atoms. The van der Waals surface area contributed by atoms with Crippen molar-refractivity contribution >= 4 is 17.6 Å². The highest BCUT2D eigenvalue weighted by molar-refractivity contribution is 5.89. The van der Waals surface area contributed by atoms with E-state index in [-0.39, 0.29) is 17.9 Å². The molecule has 3 amide bonds. The van der Waals surface area contributed by atoms with Gasteiger partial charge < -0.3 is 21.3 Å². The lowest BCUT2D eigenvalue weighted by Gasteiger charge is -2.17. The van der Waals surface area contributed by atoms with E-state index >= 15 is 0 Å². The van der Waals surface area contributed by atoms with Crippen molar-refractivity contribution in [3.8, 4) is 0 Å². The normalized spacial score (nSPS) is 18.5. The van der Waals surface area contributed by atoms with Gasteiger partial charge in [0, 0.05) is 31.2 Å². The number of anilines is 1. The van der Waals surface area contributed by atoms with Gasteiger partial charge in [0.25, 0.3) is 0 Å². The summed E-state index contributed by atoms with van der Waals surface area (Å²) in [6.45, 7) is 4.63. The molecule has 1 saturated heterocycles. The number of hydrogen-bond acceptors (Lipinski definition) is 3. The van der Waals surface area contributed by atoms with Crippen LogP contribution < -0.4 is 16.4 Å². The minimum atomic E-state index is -0.215. The number of likely N-dealkylation sites (tertiary alicyclic amines) is 1. The van der Waals surface area contributed by atoms with Gasteiger partial charge in [-0.05, 0) is 42.1 Å². The fourth-order valence-electron chi connectivity index (χ4n) is 3.80. The van der Waals surface area contributed by atoms with Crippen LogP contribution in [0.15, 0.2) is 54.6 Å². The van der Waals surface area contributed by atoms with E-state index in [1.54, 1.807) is 0 Å². The molecule has 6 nitrogen and oxygen atoms in total. The number of carbonyl (C=O) groups is 2. The van der Waals surface area contributed by atoms with Crippen LogP contribution in [0.2, 0.25) is 0 Å². The Labute approximate surface area is 172 Å². The Morgan fingerprint density at radius 2 is 1.79 bits per heavy atom. The molecule has 1 aliphatic rings. The molecule has 0 radical (unpaired) electrons. The number of urea groups is 1. The van der Waals surface area contributed by atoms with Crippen molar-refractivity contribution in [1.29, 1.82) is 0 Å². The predicted molar refractivity (Wildman–Crippen MR) is 116 cm³/mol. The van der Waals surface area contributed by atoms with Crippen LogP contribution in [0.25, 0.3) is 0 Å². The maximum Gasteiger partial charge on any atom is 0.319 e. The summed E-state index contributed by atoms with van der Waals surface area (Å²) in [4.78, 5) is 26.5. The van der Waals surface area contributed by atoms with Gasteiger partial charge in [0.1, 0.15) is 0 Å². The van der Waals surface area contributed by atoms with Crippen LogP contribution in [-0.4, -0.2) is 43.0 Å². The van der Waals surface area contributed by atoms with Crippen LogP contribution in [0.3, 0.4) is 0 Å². The molecule has 2 aromatic rings. The maximum atomic E-state index is 12.8. The second-order valence-electron chi connectivity index (χ2n) is 7.57. The summed E-state index contributed by atoms with van der Waals surface area (Å²) in [6, 6.07) is 17.5. The summed E-state index contributed by atoms with van der Waals surface area (Å²) in [5.74, 6) is 0.691. The van der Waals surface area contributed by atoms with E-state index in [9.17, 15) is 9.59 Å². The standard InChI is InChI=1S/C23H30N4O2/c1-2-12-25-23(29)26-20-10-8-17(9-11-20)13-22(28)27-15-19(14-24)21(16-27)18-6-4-3-5-7-18/h3-11,19,21H,2,12-16,24H2,1H3,(H2,25,26,29)/t19-,21+/m1/s1. The van der Waals surface area contributed by atoms with E-state index in [0.717, 1.165) is 12.0 Å². The molecule has 0 bridgehead atoms. The first kappa shape index (κ1) is 20.9. The summed E-state index contributed by atoms with van der Waals surface area (Å²) in [7, 11) is 0. The first-order valence-electron chi connectivity index (χ1n) is 10.3. The van der Waals surface area contributed by atoms with Gasteiger partial charge in [-0.1, -0.05) is 49.4 Å². The van der Waals surface area contributed by atoms with Gasteiger partial charge in [-0.15, -0.1) is 0 Å².